The number of aliphatic carboxylic acids is 1. The van der Waals surface area contributed by atoms with Gasteiger partial charge in [-0.2, -0.15) is 0 Å². The van der Waals surface area contributed by atoms with Gasteiger partial charge in [0, 0.05) is 19.1 Å². The number of likely N-dealkylation sites (N-methyl/N-ethyl adjacent to an activating group) is 2. The first-order valence-corrected chi connectivity index (χ1v) is 5.69. The molecule has 7 nitrogen and oxygen atoms in total. The molecule has 0 aliphatic carbocycles. The van der Waals surface area contributed by atoms with Crippen molar-refractivity contribution in [1.82, 2.24) is 15.5 Å². The number of carboxylic acid groups (broad SMARTS) is 1. The molecule has 3 amide bonds. The highest BCUT2D eigenvalue weighted by Gasteiger charge is 2.25. The lowest BCUT2D eigenvalue weighted by molar-refractivity contribution is -0.138. The molecule has 104 valence electrons. The summed E-state index contributed by atoms with van der Waals surface area (Å²) in [5.74, 6) is -1.25. The Hall–Kier alpha value is -1.79. The minimum absolute atomic E-state index is 0.0666. The predicted octanol–water partition coefficient (Wildman–Crippen LogP) is 0.0172. The fourth-order valence-electron chi connectivity index (χ4n) is 1.35. The number of amides is 3. The minimum Gasteiger partial charge on any atom is -0.481 e. The maximum Gasteiger partial charge on any atom is 0.318 e. The molecule has 0 aromatic heterocycles. The molecule has 0 aromatic carbocycles. The number of urea groups is 1. The van der Waals surface area contributed by atoms with Crippen molar-refractivity contribution < 1.29 is 19.5 Å². The SMILES string of the molecule is CCNC(=O)CN(C)C(=O)NC(C)(C)CC(=O)O. The van der Waals surface area contributed by atoms with E-state index < -0.39 is 17.5 Å². The maximum absolute atomic E-state index is 11.7. The van der Waals surface area contributed by atoms with E-state index in [1.807, 2.05) is 0 Å². The molecular formula is C11H21N3O4. The summed E-state index contributed by atoms with van der Waals surface area (Å²) in [6.07, 6.45) is -0.187. The summed E-state index contributed by atoms with van der Waals surface area (Å²) in [5.41, 5.74) is -0.863. The average molecular weight is 259 g/mol. The third-order valence-electron chi connectivity index (χ3n) is 2.14. The van der Waals surface area contributed by atoms with E-state index in [0.29, 0.717) is 6.54 Å². The highest BCUT2D eigenvalue weighted by molar-refractivity contribution is 5.84. The molecule has 0 saturated carbocycles. The lowest BCUT2D eigenvalue weighted by Crippen LogP contribution is -2.51. The van der Waals surface area contributed by atoms with Crippen molar-refractivity contribution in [2.45, 2.75) is 32.7 Å². The Morgan fingerprint density at radius 1 is 1.28 bits per heavy atom. The zero-order valence-electron chi connectivity index (χ0n) is 11.2. The van der Waals surface area contributed by atoms with Crippen molar-refractivity contribution in [2.75, 3.05) is 20.1 Å². The minimum atomic E-state index is -0.994. The van der Waals surface area contributed by atoms with Crippen molar-refractivity contribution in [1.29, 1.82) is 0 Å². The van der Waals surface area contributed by atoms with Crippen LogP contribution >= 0.6 is 0 Å². The van der Waals surface area contributed by atoms with Crippen LogP contribution in [0.2, 0.25) is 0 Å². The molecule has 0 unspecified atom stereocenters. The molecule has 18 heavy (non-hydrogen) atoms. The summed E-state index contributed by atoms with van der Waals surface area (Å²) < 4.78 is 0. The van der Waals surface area contributed by atoms with Crippen LogP contribution in [-0.2, 0) is 9.59 Å². The Bertz CT molecular complexity index is 328. The number of nitrogens with zero attached hydrogens (tertiary/aromatic N) is 1. The van der Waals surface area contributed by atoms with Gasteiger partial charge in [0.2, 0.25) is 5.91 Å². The van der Waals surface area contributed by atoms with Gasteiger partial charge in [0.05, 0.1) is 6.42 Å². The summed E-state index contributed by atoms with van der Waals surface area (Å²) in [6, 6.07) is -0.479. The van der Waals surface area contributed by atoms with Crippen molar-refractivity contribution >= 4 is 17.9 Å². The van der Waals surface area contributed by atoms with Crippen LogP contribution in [0.3, 0.4) is 0 Å². The number of hydrogen-bond donors (Lipinski definition) is 3. The highest BCUT2D eigenvalue weighted by atomic mass is 16.4. The second-order valence-corrected chi connectivity index (χ2v) is 4.69. The zero-order valence-corrected chi connectivity index (χ0v) is 11.2. The third kappa shape index (κ3) is 6.72. The van der Waals surface area contributed by atoms with Crippen LogP contribution in [0, 0.1) is 0 Å². The lowest BCUT2D eigenvalue weighted by Gasteiger charge is -2.27. The van der Waals surface area contributed by atoms with Crippen LogP contribution in [0.5, 0.6) is 0 Å². The summed E-state index contributed by atoms with van der Waals surface area (Å²) in [6.45, 7) is 5.44. The topological polar surface area (TPSA) is 98.7 Å². The van der Waals surface area contributed by atoms with Gasteiger partial charge in [-0.1, -0.05) is 0 Å². The van der Waals surface area contributed by atoms with Gasteiger partial charge in [-0.05, 0) is 20.8 Å². The Morgan fingerprint density at radius 2 is 1.83 bits per heavy atom. The molecule has 0 aliphatic heterocycles. The summed E-state index contributed by atoms with van der Waals surface area (Å²) >= 11 is 0. The largest absolute Gasteiger partial charge is 0.481 e. The Labute approximate surface area is 107 Å². The summed E-state index contributed by atoms with van der Waals surface area (Å²) in [7, 11) is 1.47. The van der Waals surface area contributed by atoms with Gasteiger partial charge in [-0.3, -0.25) is 9.59 Å². The van der Waals surface area contributed by atoms with Crippen LogP contribution < -0.4 is 10.6 Å². The van der Waals surface area contributed by atoms with Crippen LogP contribution in [-0.4, -0.2) is 53.6 Å². The van der Waals surface area contributed by atoms with Crippen molar-refractivity contribution in [2.24, 2.45) is 0 Å². The van der Waals surface area contributed by atoms with E-state index in [4.69, 9.17) is 5.11 Å². The molecule has 0 heterocycles. The van der Waals surface area contributed by atoms with Gasteiger partial charge in [0.1, 0.15) is 6.54 Å². The standard InChI is InChI=1S/C11H21N3O4/c1-5-12-8(15)7-14(4)10(18)13-11(2,3)6-9(16)17/h5-7H2,1-4H3,(H,12,15)(H,13,18)(H,16,17). The summed E-state index contributed by atoms with van der Waals surface area (Å²) in [5, 5.41) is 13.8. The molecule has 0 rings (SSSR count). The zero-order chi connectivity index (χ0) is 14.3. The molecule has 0 saturated heterocycles. The van der Waals surface area contributed by atoms with Crippen molar-refractivity contribution in [3.63, 3.8) is 0 Å². The van der Waals surface area contributed by atoms with E-state index in [9.17, 15) is 14.4 Å². The van der Waals surface area contributed by atoms with Gasteiger partial charge in [0.15, 0.2) is 0 Å². The smallest absolute Gasteiger partial charge is 0.318 e. The van der Waals surface area contributed by atoms with E-state index in [2.05, 4.69) is 10.6 Å². The van der Waals surface area contributed by atoms with Crippen LogP contribution in [0.25, 0.3) is 0 Å². The van der Waals surface area contributed by atoms with E-state index in [0.717, 1.165) is 0 Å². The molecule has 0 spiro atoms. The van der Waals surface area contributed by atoms with Gasteiger partial charge in [0.25, 0.3) is 0 Å². The molecule has 0 aliphatic rings. The summed E-state index contributed by atoms with van der Waals surface area (Å²) in [4.78, 5) is 34.8. The number of rotatable bonds is 6. The molecule has 0 bridgehead atoms. The monoisotopic (exact) mass is 259 g/mol. The third-order valence-corrected chi connectivity index (χ3v) is 2.14. The first-order chi connectivity index (χ1) is 8.18. The molecule has 0 aromatic rings. The number of carbonyl (C=O) groups is 3. The van der Waals surface area contributed by atoms with Gasteiger partial charge >= 0.3 is 12.0 Å². The van der Waals surface area contributed by atoms with Gasteiger partial charge < -0.3 is 20.6 Å². The molecular weight excluding hydrogens is 238 g/mol. The number of carboxylic acids is 1. The van der Waals surface area contributed by atoms with Crippen molar-refractivity contribution in [3.8, 4) is 0 Å². The van der Waals surface area contributed by atoms with Crippen LogP contribution in [0.15, 0.2) is 0 Å². The number of nitrogens with one attached hydrogen (secondary N) is 2. The second-order valence-electron chi connectivity index (χ2n) is 4.69. The maximum atomic E-state index is 11.7. The highest BCUT2D eigenvalue weighted by Crippen LogP contribution is 2.08. The van der Waals surface area contributed by atoms with Gasteiger partial charge in [-0.25, -0.2) is 4.79 Å². The van der Waals surface area contributed by atoms with Gasteiger partial charge in [-0.15, -0.1) is 0 Å². The Balaban J connectivity index is 4.30. The Morgan fingerprint density at radius 3 is 2.28 bits per heavy atom. The fourth-order valence-corrected chi connectivity index (χ4v) is 1.35. The van der Waals surface area contributed by atoms with E-state index in [-0.39, 0.29) is 18.9 Å². The first-order valence-electron chi connectivity index (χ1n) is 5.69. The van der Waals surface area contributed by atoms with Crippen LogP contribution in [0.1, 0.15) is 27.2 Å². The fraction of sp³-hybridized carbons (Fsp3) is 0.727. The Kier molecular flexibility index (Phi) is 6.15. The molecule has 0 radical (unpaired) electrons. The molecule has 3 N–H and O–H groups in total. The molecule has 0 atom stereocenters. The quantitative estimate of drug-likeness (QED) is 0.626. The van der Waals surface area contributed by atoms with E-state index in [1.165, 1.54) is 11.9 Å². The van der Waals surface area contributed by atoms with Crippen molar-refractivity contribution in [3.05, 3.63) is 0 Å². The second kappa shape index (κ2) is 6.83. The predicted molar refractivity (Wildman–Crippen MR) is 66.2 cm³/mol. The first kappa shape index (κ1) is 16.2. The normalized spacial score (nSPS) is 10.7. The number of carbonyl (C=O) groups excluding carboxylic acids is 2. The van der Waals surface area contributed by atoms with E-state index in [1.54, 1.807) is 20.8 Å². The average Bonchev–Trinajstić information content (AvgIpc) is 2.14. The van der Waals surface area contributed by atoms with Crippen LogP contribution in [0.4, 0.5) is 4.79 Å². The molecule has 0 fully saturated rings. The molecule has 7 heteroatoms. The lowest BCUT2D eigenvalue weighted by atomic mass is 10.0. The van der Waals surface area contributed by atoms with E-state index >= 15 is 0 Å². The number of hydrogen-bond acceptors (Lipinski definition) is 3.